The van der Waals surface area contributed by atoms with Crippen LogP contribution in [0.15, 0.2) is 12.4 Å². The minimum Gasteiger partial charge on any atom is -0.357 e. The van der Waals surface area contributed by atoms with Crippen molar-refractivity contribution in [1.82, 2.24) is 9.88 Å². The van der Waals surface area contributed by atoms with Gasteiger partial charge in [0.15, 0.2) is 0 Å². The van der Waals surface area contributed by atoms with Gasteiger partial charge in [-0.2, -0.15) is 0 Å². The summed E-state index contributed by atoms with van der Waals surface area (Å²) in [5.41, 5.74) is 2.91. The summed E-state index contributed by atoms with van der Waals surface area (Å²) in [6, 6.07) is 0. The standard InChI is InChI=1S/C7H10N2/c1-9-4-6-2-8-3-7(6)5-9/h4-5,8H,2-3H2,1H3. The summed E-state index contributed by atoms with van der Waals surface area (Å²) < 4.78 is 2.12. The summed E-state index contributed by atoms with van der Waals surface area (Å²) in [7, 11) is 2.07. The molecule has 0 amide bonds. The third kappa shape index (κ3) is 0.669. The van der Waals surface area contributed by atoms with E-state index in [1.165, 1.54) is 11.1 Å². The van der Waals surface area contributed by atoms with Gasteiger partial charge in [-0.1, -0.05) is 0 Å². The second-order valence-electron chi connectivity index (χ2n) is 2.58. The van der Waals surface area contributed by atoms with Crippen LogP contribution in [0.3, 0.4) is 0 Å². The van der Waals surface area contributed by atoms with Crippen LogP contribution in [0.2, 0.25) is 0 Å². The van der Waals surface area contributed by atoms with Gasteiger partial charge in [-0.15, -0.1) is 0 Å². The Morgan fingerprint density at radius 3 is 2.44 bits per heavy atom. The van der Waals surface area contributed by atoms with E-state index in [0.29, 0.717) is 0 Å². The first-order chi connectivity index (χ1) is 4.36. The topological polar surface area (TPSA) is 17.0 Å². The van der Waals surface area contributed by atoms with Gasteiger partial charge in [-0.25, -0.2) is 0 Å². The van der Waals surface area contributed by atoms with E-state index in [-0.39, 0.29) is 0 Å². The number of aryl methyl sites for hydroxylation is 1. The van der Waals surface area contributed by atoms with Crippen molar-refractivity contribution in [3.8, 4) is 0 Å². The quantitative estimate of drug-likeness (QED) is 0.534. The van der Waals surface area contributed by atoms with E-state index >= 15 is 0 Å². The first kappa shape index (κ1) is 5.06. The van der Waals surface area contributed by atoms with Crippen molar-refractivity contribution >= 4 is 0 Å². The van der Waals surface area contributed by atoms with Crippen molar-refractivity contribution in [2.24, 2.45) is 7.05 Å². The van der Waals surface area contributed by atoms with Crippen LogP contribution >= 0.6 is 0 Å². The largest absolute Gasteiger partial charge is 0.357 e. The van der Waals surface area contributed by atoms with Crippen molar-refractivity contribution in [2.75, 3.05) is 0 Å². The maximum Gasteiger partial charge on any atom is 0.0226 e. The zero-order valence-electron chi connectivity index (χ0n) is 5.52. The predicted molar refractivity (Wildman–Crippen MR) is 36.0 cm³/mol. The Labute approximate surface area is 54.5 Å². The Bertz CT molecular complexity index is 203. The van der Waals surface area contributed by atoms with Crippen molar-refractivity contribution < 1.29 is 0 Å². The van der Waals surface area contributed by atoms with E-state index in [9.17, 15) is 0 Å². The fourth-order valence-electron chi connectivity index (χ4n) is 1.34. The molecule has 0 aliphatic carbocycles. The Morgan fingerprint density at radius 2 is 1.89 bits per heavy atom. The molecular formula is C7H10N2. The SMILES string of the molecule is Cn1cc2c(c1)CNC2. The molecule has 0 spiro atoms. The highest BCUT2D eigenvalue weighted by atomic mass is 15.0. The van der Waals surface area contributed by atoms with E-state index in [0.717, 1.165) is 13.1 Å². The van der Waals surface area contributed by atoms with Crippen LogP contribution in [-0.2, 0) is 20.1 Å². The molecule has 0 unspecified atom stereocenters. The Balaban J connectivity index is 2.51. The van der Waals surface area contributed by atoms with Crippen LogP contribution in [0.25, 0.3) is 0 Å². The fourth-order valence-corrected chi connectivity index (χ4v) is 1.34. The van der Waals surface area contributed by atoms with Gasteiger partial charge < -0.3 is 9.88 Å². The minimum atomic E-state index is 1.05. The molecule has 2 rings (SSSR count). The molecule has 0 saturated heterocycles. The average molecular weight is 122 g/mol. The first-order valence-corrected chi connectivity index (χ1v) is 3.21. The van der Waals surface area contributed by atoms with E-state index in [1.54, 1.807) is 0 Å². The van der Waals surface area contributed by atoms with Crippen LogP contribution in [0, 0.1) is 0 Å². The van der Waals surface area contributed by atoms with E-state index in [2.05, 4.69) is 29.3 Å². The summed E-state index contributed by atoms with van der Waals surface area (Å²) >= 11 is 0. The van der Waals surface area contributed by atoms with Crippen molar-refractivity contribution in [3.63, 3.8) is 0 Å². The predicted octanol–water partition coefficient (Wildman–Crippen LogP) is 0.628. The molecule has 1 aromatic rings. The monoisotopic (exact) mass is 122 g/mol. The Kier molecular flexibility index (Phi) is 0.904. The Hall–Kier alpha value is -0.760. The fraction of sp³-hybridized carbons (Fsp3) is 0.429. The number of nitrogens with one attached hydrogen (secondary N) is 1. The van der Waals surface area contributed by atoms with Crippen molar-refractivity contribution in [3.05, 3.63) is 23.5 Å². The normalized spacial score (nSPS) is 16.1. The van der Waals surface area contributed by atoms with Crippen molar-refractivity contribution in [2.45, 2.75) is 13.1 Å². The van der Waals surface area contributed by atoms with E-state index in [1.807, 2.05) is 0 Å². The lowest BCUT2D eigenvalue weighted by molar-refractivity contribution is 0.747. The molecule has 1 N–H and O–H groups in total. The lowest BCUT2D eigenvalue weighted by Gasteiger charge is -1.89. The number of hydrogen-bond acceptors (Lipinski definition) is 1. The van der Waals surface area contributed by atoms with Gasteiger partial charge in [-0.05, 0) is 11.1 Å². The van der Waals surface area contributed by atoms with E-state index < -0.39 is 0 Å². The lowest BCUT2D eigenvalue weighted by Crippen LogP contribution is -2.01. The summed E-state index contributed by atoms with van der Waals surface area (Å²) in [6.07, 6.45) is 4.35. The number of aromatic nitrogens is 1. The van der Waals surface area contributed by atoms with Gasteiger partial charge in [0.2, 0.25) is 0 Å². The summed E-state index contributed by atoms with van der Waals surface area (Å²) in [4.78, 5) is 0. The molecule has 2 nitrogen and oxygen atoms in total. The number of hydrogen-bond donors (Lipinski definition) is 1. The average Bonchev–Trinajstić information content (AvgIpc) is 2.22. The smallest absolute Gasteiger partial charge is 0.0226 e. The molecule has 9 heavy (non-hydrogen) atoms. The second-order valence-corrected chi connectivity index (χ2v) is 2.58. The number of nitrogens with zero attached hydrogens (tertiary/aromatic N) is 1. The maximum absolute atomic E-state index is 3.28. The van der Waals surface area contributed by atoms with Gasteiger partial charge in [0.1, 0.15) is 0 Å². The van der Waals surface area contributed by atoms with Gasteiger partial charge >= 0.3 is 0 Å². The van der Waals surface area contributed by atoms with Crippen LogP contribution in [-0.4, -0.2) is 4.57 Å². The highest BCUT2D eigenvalue weighted by Gasteiger charge is 2.09. The molecular weight excluding hydrogens is 112 g/mol. The zero-order valence-corrected chi connectivity index (χ0v) is 5.52. The summed E-state index contributed by atoms with van der Waals surface area (Å²) in [5, 5.41) is 3.28. The van der Waals surface area contributed by atoms with E-state index in [4.69, 9.17) is 0 Å². The number of rotatable bonds is 0. The maximum atomic E-state index is 3.28. The zero-order chi connectivity index (χ0) is 6.27. The first-order valence-electron chi connectivity index (χ1n) is 3.21. The molecule has 0 bridgehead atoms. The minimum absolute atomic E-state index is 1.05. The molecule has 0 radical (unpaired) electrons. The highest BCUT2D eigenvalue weighted by Crippen LogP contribution is 2.14. The van der Waals surface area contributed by atoms with Crippen LogP contribution in [0.5, 0.6) is 0 Å². The molecule has 0 aromatic carbocycles. The molecule has 1 aliphatic rings. The molecule has 0 fully saturated rings. The number of fused-ring (bicyclic) bond motifs is 1. The highest BCUT2D eigenvalue weighted by molar-refractivity contribution is 5.27. The van der Waals surface area contributed by atoms with Gasteiger partial charge in [0.05, 0.1) is 0 Å². The third-order valence-electron chi connectivity index (χ3n) is 1.76. The molecule has 2 heteroatoms. The lowest BCUT2D eigenvalue weighted by atomic mass is 10.2. The summed E-state index contributed by atoms with van der Waals surface area (Å²) in [5.74, 6) is 0. The Morgan fingerprint density at radius 1 is 1.33 bits per heavy atom. The molecule has 1 aromatic heterocycles. The molecule has 0 saturated carbocycles. The van der Waals surface area contributed by atoms with Gasteiger partial charge in [0.25, 0.3) is 0 Å². The third-order valence-corrected chi connectivity index (χ3v) is 1.76. The molecule has 0 atom stereocenters. The van der Waals surface area contributed by atoms with Crippen LogP contribution in [0.1, 0.15) is 11.1 Å². The van der Waals surface area contributed by atoms with Gasteiger partial charge in [0, 0.05) is 32.5 Å². The van der Waals surface area contributed by atoms with Gasteiger partial charge in [-0.3, -0.25) is 0 Å². The molecule has 48 valence electrons. The van der Waals surface area contributed by atoms with Crippen molar-refractivity contribution in [1.29, 1.82) is 0 Å². The molecule has 2 heterocycles. The second kappa shape index (κ2) is 1.61. The summed E-state index contributed by atoms with van der Waals surface area (Å²) in [6.45, 7) is 2.10. The van der Waals surface area contributed by atoms with Crippen LogP contribution in [0.4, 0.5) is 0 Å². The molecule has 1 aliphatic heterocycles. The van der Waals surface area contributed by atoms with Crippen LogP contribution < -0.4 is 5.32 Å².